The molecular formula is C24H27ClN2O4. The third-order valence-corrected chi connectivity index (χ3v) is 5.18. The van der Waals surface area contributed by atoms with Crippen molar-refractivity contribution in [3.63, 3.8) is 0 Å². The predicted molar refractivity (Wildman–Crippen MR) is 120 cm³/mol. The second-order valence-corrected chi connectivity index (χ2v) is 8.29. The summed E-state index contributed by atoms with van der Waals surface area (Å²) in [5.41, 5.74) is 2.42. The van der Waals surface area contributed by atoms with Gasteiger partial charge in [-0.3, -0.25) is 0 Å². The van der Waals surface area contributed by atoms with Gasteiger partial charge in [0.05, 0.1) is 17.7 Å². The molecule has 1 heterocycles. The number of carbonyl (C=O) groups excluding carboxylic acids is 2. The topological polar surface area (TPSA) is 76.7 Å². The van der Waals surface area contributed by atoms with Crippen LogP contribution < -0.4 is 15.4 Å². The SMILES string of the molecule is CC(C)OC(=O)C1=C(C(C)C)NC(=O)NC1c1ccccc1OCc1ccccc1Cl. The van der Waals surface area contributed by atoms with E-state index in [2.05, 4.69) is 10.6 Å². The molecule has 2 amide bonds. The van der Waals surface area contributed by atoms with Crippen molar-refractivity contribution in [3.8, 4) is 5.75 Å². The van der Waals surface area contributed by atoms with Gasteiger partial charge >= 0.3 is 12.0 Å². The van der Waals surface area contributed by atoms with Gasteiger partial charge in [-0.2, -0.15) is 0 Å². The van der Waals surface area contributed by atoms with Crippen LogP contribution in [0.3, 0.4) is 0 Å². The molecule has 0 spiro atoms. The second-order valence-electron chi connectivity index (χ2n) is 7.89. The van der Waals surface area contributed by atoms with Crippen LogP contribution in [0.5, 0.6) is 5.75 Å². The number of halogens is 1. The minimum atomic E-state index is -0.708. The minimum absolute atomic E-state index is 0.0838. The zero-order valence-electron chi connectivity index (χ0n) is 18.1. The number of benzene rings is 2. The van der Waals surface area contributed by atoms with E-state index in [1.807, 2.05) is 50.2 Å². The van der Waals surface area contributed by atoms with Crippen LogP contribution >= 0.6 is 11.6 Å². The molecule has 0 aromatic heterocycles. The maximum Gasteiger partial charge on any atom is 0.338 e. The highest BCUT2D eigenvalue weighted by atomic mass is 35.5. The standard InChI is InChI=1S/C24H27ClN2O4/c1-14(2)21-20(23(28)31-15(3)4)22(27-24(29)26-21)17-10-6-8-12-19(17)30-13-16-9-5-7-11-18(16)25/h5-12,14-15,22H,13H2,1-4H3,(H2,26,27,29). The molecule has 1 aliphatic rings. The molecule has 0 radical (unpaired) electrons. The number of allylic oxidation sites excluding steroid dienone is 1. The van der Waals surface area contributed by atoms with Gasteiger partial charge in [0, 0.05) is 21.8 Å². The Kier molecular flexibility index (Phi) is 7.23. The molecular weight excluding hydrogens is 416 g/mol. The average Bonchev–Trinajstić information content (AvgIpc) is 2.72. The Hall–Kier alpha value is -2.99. The number of esters is 1. The fourth-order valence-electron chi connectivity index (χ4n) is 3.40. The zero-order valence-corrected chi connectivity index (χ0v) is 18.8. The molecule has 164 valence electrons. The van der Waals surface area contributed by atoms with Crippen molar-refractivity contribution >= 4 is 23.6 Å². The van der Waals surface area contributed by atoms with E-state index in [0.717, 1.165) is 5.56 Å². The van der Waals surface area contributed by atoms with E-state index in [1.165, 1.54) is 0 Å². The molecule has 31 heavy (non-hydrogen) atoms. The normalized spacial score (nSPS) is 16.2. The van der Waals surface area contributed by atoms with Crippen LogP contribution in [0.15, 0.2) is 59.8 Å². The average molecular weight is 443 g/mol. The van der Waals surface area contributed by atoms with Gasteiger partial charge in [0.15, 0.2) is 0 Å². The van der Waals surface area contributed by atoms with E-state index in [4.69, 9.17) is 21.1 Å². The number of hydrogen-bond donors (Lipinski definition) is 2. The third kappa shape index (κ3) is 5.39. The summed E-state index contributed by atoms with van der Waals surface area (Å²) in [6.07, 6.45) is -0.293. The van der Waals surface area contributed by atoms with Crippen LogP contribution in [0.25, 0.3) is 0 Å². The summed E-state index contributed by atoms with van der Waals surface area (Å²) in [6, 6.07) is 13.7. The summed E-state index contributed by atoms with van der Waals surface area (Å²) in [5.74, 6) is -0.0100. The Labute approximate surface area is 187 Å². The Morgan fingerprint density at radius 1 is 1.06 bits per heavy atom. The van der Waals surface area contributed by atoms with Gasteiger partial charge in [0.25, 0.3) is 0 Å². The molecule has 0 aliphatic carbocycles. The van der Waals surface area contributed by atoms with Gasteiger partial charge < -0.3 is 20.1 Å². The quantitative estimate of drug-likeness (QED) is 0.582. The Bertz CT molecular complexity index is 1000. The third-order valence-electron chi connectivity index (χ3n) is 4.81. The van der Waals surface area contributed by atoms with Crippen LogP contribution in [0, 0.1) is 5.92 Å². The number of ether oxygens (including phenoxy) is 2. The lowest BCUT2D eigenvalue weighted by Gasteiger charge is -2.32. The monoisotopic (exact) mass is 442 g/mol. The summed E-state index contributed by atoms with van der Waals surface area (Å²) >= 11 is 6.25. The lowest BCUT2D eigenvalue weighted by atomic mass is 9.91. The summed E-state index contributed by atoms with van der Waals surface area (Å²) < 4.78 is 11.6. The van der Waals surface area contributed by atoms with E-state index >= 15 is 0 Å². The summed E-state index contributed by atoms with van der Waals surface area (Å²) in [5, 5.41) is 6.24. The van der Waals surface area contributed by atoms with Crippen molar-refractivity contribution in [2.75, 3.05) is 0 Å². The number of hydrogen-bond acceptors (Lipinski definition) is 4. The van der Waals surface area contributed by atoms with Crippen molar-refractivity contribution in [2.45, 2.75) is 46.4 Å². The lowest BCUT2D eigenvalue weighted by molar-refractivity contribution is -0.143. The second kappa shape index (κ2) is 9.88. The van der Waals surface area contributed by atoms with Crippen molar-refractivity contribution in [1.29, 1.82) is 0 Å². The summed E-state index contributed by atoms with van der Waals surface area (Å²) in [6.45, 7) is 7.67. The Balaban J connectivity index is 2.01. The number of para-hydroxylation sites is 1. The molecule has 1 aliphatic heterocycles. The van der Waals surface area contributed by atoms with Gasteiger partial charge in [-0.25, -0.2) is 9.59 Å². The van der Waals surface area contributed by atoms with Gasteiger partial charge in [0.1, 0.15) is 12.4 Å². The molecule has 2 N–H and O–H groups in total. The van der Waals surface area contributed by atoms with Crippen molar-refractivity contribution in [3.05, 3.63) is 76.0 Å². The van der Waals surface area contributed by atoms with Crippen molar-refractivity contribution in [1.82, 2.24) is 10.6 Å². The van der Waals surface area contributed by atoms with E-state index in [0.29, 0.717) is 27.6 Å². The molecule has 0 bridgehead atoms. The van der Waals surface area contributed by atoms with Crippen LogP contribution in [0.2, 0.25) is 5.02 Å². The van der Waals surface area contributed by atoms with E-state index in [1.54, 1.807) is 26.0 Å². The van der Waals surface area contributed by atoms with Crippen LogP contribution in [-0.2, 0) is 16.1 Å². The van der Waals surface area contributed by atoms with Gasteiger partial charge in [0.2, 0.25) is 0 Å². The van der Waals surface area contributed by atoms with E-state index in [9.17, 15) is 9.59 Å². The van der Waals surface area contributed by atoms with Crippen LogP contribution in [-0.4, -0.2) is 18.1 Å². The highest BCUT2D eigenvalue weighted by Gasteiger charge is 2.36. The molecule has 3 rings (SSSR count). The molecule has 1 atom stereocenters. The van der Waals surface area contributed by atoms with Crippen LogP contribution in [0.1, 0.15) is 44.9 Å². The summed E-state index contributed by atoms with van der Waals surface area (Å²) in [7, 11) is 0. The summed E-state index contributed by atoms with van der Waals surface area (Å²) in [4.78, 5) is 25.4. The zero-order chi connectivity index (χ0) is 22.5. The number of nitrogens with one attached hydrogen (secondary N) is 2. The molecule has 2 aromatic carbocycles. The van der Waals surface area contributed by atoms with E-state index in [-0.39, 0.29) is 24.7 Å². The minimum Gasteiger partial charge on any atom is -0.488 e. The molecule has 6 nitrogen and oxygen atoms in total. The van der Waals surface area contributed by atoms with Gasteiger partial charge in [-0.05, 0) is 31.9 Å². The first-order valence-electron chi connectivity index (χ1n) is 10.3. The number of amides is 2. The number of carbonyl (C=O) groups is 2. The Morgan fingerprint density at radius 3 is 2.42 bits per heavy atom. The molecule has 0 fully saturated rings. The molecule has 1 unspecified atom stereocenters. The van der Waals surface area contributed by atoms with Crippen molar-refractivity contribution < 1.29 is 19.1 Å². The highest BCUT2D eigenvalue weighted by Crippen LogP contribution is 2.36. The first-order valence-corrected chi connectivity index (χ1v) is 10.6. The maximum absolute atomic E-state index is 13.0. The Morgan fingerprint density at radius 2 is 1.74 bits per heavy atom. The van der Waals surface area contributed by atoms with E-state index < -0.39 is 12.0 Å². The fraction of sp³-hybridized carbons (Fsp3) is 0.333. The van der Waals surface area contributed by atoms with Gasteiger partial charge in [-0.1, -0.05) is 61.8 Å². The number of rotatable bonds is 7. The predicted octanol–water partition coefficient (Wildman–Crippen LogP) is 5.13. The van der Waals surface area contributed by atoms with Crippen molar-refractivity contribution in [2.24, 2.45) is 5.92 Å². The molecule has 7 heteroatoms. The smallest absolute Gasteiger partial charge is 0.338 e. The molecule has 0 saturated heterocycles. The maximum atomic E-state index is 13.0. The fourth-order valence-corrected chi connectivity index (χ4v) is 3.59. The first-order chi connectivity index (χ1) is 14.8. The van der Waals surface area contributed by atoms with Gasteiger partial charge in [-0.15, -0.1) is 0 Å². The molecule has 2 aromatic rings. The molecule has 0 saturated carbocycles. The van der Waals surface area contributed by atoms with Crippen LogP contribution in [0.4, 0.5) is 4.79 Å². The lowest BCUT2D eigenvalue weighted by Crippen LogP contribution is -2.47. The highest BCUT2D eigenvalue weighted by molar-refractivity contribution is 6.31. The number of urea groups is 1. The first kappa shape index (κ1) is 22.7. The largest absolute Gasteiger partial charge is 0.488 e.